The zero-order chi connectivity index (χ0) is 15.1. The first-order valence-electron chi connectivity index (χ1n) is 8.22. The number of benzene rings is 1. The predicted molar refractivity (Wildman–Crippen MR) is 88.4 cm³/mol. The minimum Gasteiger partial charge on any atom is -0.381 e. The molecule has 1 aromatic carbocycles. The lowest BCUT2D eigenvalue weighted by Gasteiger charge is -2.37. The predicted octanol–water partition coefficient (Wildman–Crippen LogP) is 2.91. The molecule has 0 saturated carbocycles. The van der Waals surface area contributed by atoms with Crippen LogP contribution in [-0.2, 0) is 11.3 Å². The molecule has 0 aromatic heterocycles. The van der Waals surface area contributed by atoms with Gasteiger partial charge in [-0.3, -0.25) is 4.90 Å². The lowest BCUT2D eigenvalue weighted by molar-refractivity contribution is 0.0887. The number of nitrogens with one attached hydrogen (secondary N) is 1. The highest BCUT2D eigenvalue weighted by molar-refractivity contribution is 5.14. The summed E-state index contributed by atoms with van der Waals surface area (Å²) in [4.78, 5) is 2.58. The Morgan fingerprint density at radius 1 is 1.29 bits per heavy atom. The van der Waals surface area contributed by atoms with Crippen molar-refractivity contribution in [1.82, 2.24) is 10.2 Å². The van der Waals surface area contributed by atoms with Crippen LogP contribution in [0.25, 0.3) is 0 Å². The molecule has 1 saturated heterocycles. The number of hydrogen-bond acceptors (Lipinski definition) is 3. The molecule has 1 heterocycles. The van der Waals surface area contributed by atoms with Gasteiger partial charge in [-0.15, -0.1) is 0 Å². The summed E-state index contributed by atoms with van der Waals surface area (Å²) in [6.45, 7) is 12.8. The van der Waals surface area contributed by atoms with Crippen LogP contribution in [0.2, 0.25) is 0 Å². The van der Waals surface area contributed by atoms with Crippen molar-refractivity contribution < 1.29 is 4.74 Å². The van der Waals surface area contributed by atoms with Crippen molar-refractivity contribution in [2.24, 2.45) is 5.41 Å². The van der Waals surface area contributed by atoms with E-state index in [9.17, 15) is 0 Å². The fraction of sp³-hybridized carbons (Fsp3) is 0.667. The highest BCUT2D eigenvalue weighted by Gasteiger charge is 2.36. The molecule has 0 spiro atoms. The van der Waals surface area contributed by atoms with Crippen LogP contribution in [0.1, 0.15) is 32.8 Å². The van der Waals surface area contributed by atoms with Crippen molar-refractivity contribution in [2.75, 3.05) is 32.8 Å². The van der Waals surface area contributed by atoms with Crippen LogP contribution in [0.5, 0.6) is 0 Å². The Morgan fingerprint density at radius 3 is 2.62 bits per heavy atom. The zero-order valence-electron chi connectivity index (χ0n) is 13.8. The smallest absolute Gasteiger partial charge is 0.0547 e. The second kappa shape index (κ2) is 7.92. The molecule has 0 amide bonds. The monoisotopic (exact) mass is 290 g/mol. The van der Waals surface area contributed by atoms with Gasteiger partial charge in [0.15, 0.2) is 0 Å². The van der Waals surface area contributed by atoms with Gasteiger partial charge in [-0.05, 0) is 32.4 Å². The van der Waals surface area contributed by atoms with Crippen LogP contribution in [0.15, 0.2) is 30.3 Å². The Labute approximate surface area is 129 Å². The second-order valence-electron chi connectivity index (χ2n) is 6.57. The first kappa shape index (κ1) is 16.5. The summed E-state index contributed by atoms with van der Waals surface area (Å²) in [5.41, 5.74) is 1.67. The molecule has 1 aromatic rings. The SMILES string of the molecule is CCNCC1(CN(Cc2ccccc2)C(C)C)CCOC1. The fourth-order valence-corrected chi connectivity index (χ4v) is 3.03. The van der Waals surface area contributed by atoms with Gasteiger partial charge in [0.25, 0.3) is 0 Å². The molecule has 3 nitrogen and oxygen atoms in total. The van der Waals surface area contributed by atoms with Gasteiger partial charge in [-0.25, -0.2) is 0 Å². The van der Waals surface area contributed by atoms with Crippen LogP contribution in [0, 0.1) is 5.41 Å². The molecule has 3 heteroatoms. The number of hydrogen-bond donors (Lipinski definition) is 1. The molecule has 0 bridgehead atoms. The van der Waals surface area contributed by atoms with E-state index in [4.69, 9.17) is 4.74 Å². The Bertz CT molecular complexity index is 399. The number of nitrogens with zero attached hydrogens (tertiary/aromatic N) is 1. The minimum atomic E-state index is 0.273. The van der Waals surface area contributed by atoms with E-state index in [-0.39, 0.29) is 5.41 Å². The summed E-state index contributed by atoms with van der Waals surface area (Å²) < 4.78 is 5.72. The summed E-state index contributed by atoms with van der Waals surface area (Å²) in [5.74, 6) is 0. The standard InChI is InChI=1S/C18H30N2O/c1-4-19-13-18(10-11-21-15-18)14-20(16(2)3)12-17-8-6-5-7-9-17/h5-9,16,19H,4,10-15H2,1-3H3. The van der Waals surface area contributed by atoms with Crippen LogP contribution < -0.4 is 5.32 Å². The van der Waals surface area contributed by atoms with E-state index in [2.05, 4.69) is 61.3 Å². The first-order valence-corrected chi connectivity index (χ1v) is 8.22. The van der Waals surface area contributed by atoms with E-state index in [1.807, 2.05) is 0 Å². The summed E-state index contributed by atoms with van der Waals surface area (Å²) in [6, 6.07) is 11.3. The lowest BCUT2D eigenvalue weighted by Crippen LogP contribution is -2.46. The van der Waals surface area contributed by atoms with Crippen molar-refractivity contribution >= 4 is 0 Å². The van der Waals surface area contributed by atoms with E-state index in [0.29, 0.717) is 6.04 Å². The lowest BCUT2D eigenvalue weighted by atomic mass is 9.86. The molecule has 1 aliphatic rings. The Balaban J connectivity index is 2.03. The summed E-state index contributed by atoms with van der Waals surface area (Å²) in [6.07, 6.45) is 1.16. The molecule has 1 fully saturated rings. The Hall–Kier alpha value is -0.900. The van der Waals surface area contributed by atoms with Crippen LogP contribution in [-0.4, -0.2) is 43.8 Å². The normalized spacial score (nSPS) is 22.3. The van der Waals surface area contributed by atoms with Gasteiger partial charge in [0, 0.05) is 37.7 Å². The highest BCUT2D eigenvalue weighted by Crippen LogP contribution is 2.30. The molecule has 1 aliphatic heterocycles. The third-order valence-corrected chi connectivity index (χ3v) is 4.43. The van der Waals surface area contributed by atoms with E-state index in [0.717, 1.165) is 45.8 Å². The molecule has 1 N–H and O–H groups in total. The van der Waals surface area contributed by atoms with Gasteiger partial charge in [-0.1, -0.05) is 37.3 Å². The molecule has 1 atom stereocenters. The van der Waals surface area contributed by atoms with Gasteiger partial charge in [0.2, 0.25) is 0 Å². The number of ether oxygens (including phenoxy) is 1. The largest absolute Gasteiger partial charge is 0.381 e. The summed E-state index contributed by atoms with van der Waals surface area (Å²) in [7, 11) is 0. The van der Waals surface area contributed by atoms with E-state index < -0.39 is 0 Å². The van der Waals surface area contributed by atoms with E-state index >= 15 is 0 Å². The molecule has 2 rings (SSSR count). The van der Waals surface area contributed by atoms with Crippen LogP contribution in [0.4, 0.5) is 0 Å². The minimum absolute atomic E-state index is 0.273. The van der Waals surface area contributed by atoms with Crippen molar-refractivity contribution in [3.63, 3.8) is 0 Å². The topological polar surface area (TPSA) is 24.5 Å². The fourth-order valence-electron chi connectivity index (χ4n) is 3.03. The van der Waals surface area contributed by atoms with Crippen molar-refractivity contribution in [3.8, 4) is 0 Å². The zero-order valence-corrected chi connectivity index (χ0v) is 13.8. The summed E-state index contributed by atoms with van der Waals surface area (Å²) >= 11 is 0. The van der Waals surface area contributed by atoms with Crippen LogP contribution in [0.3, 0.4) is 0 Å². The van der Waals surface area contributed by atoms with Gasteiger partial charge < -0.3 is 10.1 Å². The van der Waals surface area contributed by atoms with Gasteiger partial charge >= 0.3 is 0 Å². The van der Waals surface area contributed by atoms with Gasteiger partial charge in [0.05, 0.1) is 6.61 Å². The third kappa shape index (κ3) is 4.80. The van der Waals surface area contributed by atoms with Crippen molar-refractivity contribution in [1.29, 1.82) is 0 Å². The Kier molecular flexibility index (Phi) is 6.22. The third-order valence-electron chi connectivity index (χ3n) is 4.43. The first-order chi connectivity index (χ1) is 10.2. The molecule has 21 heavy (non-hydrogen) atoms. The van der Waals surface area contributed by atoms with Crippen molar-refractivity contribution in [3.05, 3.63) is 35.9 Å². The maximum absolute atomic E-state index is 5.72. The van der Waals surface area contributed by atoms with Gasteiger partial charge in [0.1, 0.15) is 0 Å². The second-order valence-corrected chi connectivity index (χ2v) is 6.57. The molecule has 1 unspecified atom stereocenters. The van der Waals surface area contributed by atoms with Crippen molar-refractivity contribution in [2.45, 2.75) is 39.8 Å². The molecule has 118 valence electrons. The quantitative estimate of drug-likeness (QED) is 0.797. The van der Waals surface area contributed by atoms with E-state index in [1.54, 1.807) is 0 Å². The molecular weight excluding hydrogens is 260 g/mol. The van der Waals surface area contributed by atoms with Crippen LogP contribution >= 0.6 is 0 Å². The van der Waals surface area contributed by atoms with E-state index in [1.165, 1.54) is 5.56 Å². The average Bonchev–Trinajstić information content (AvgIpc) is 2.94. The summed E-state index contributed by atoms with van der Waals surface area (Å²) in [5, 5.41) is 3.53. The van der Waals surface area contributed by atoms with Gasteiger partial charge in [-0.2, -0.15) is 0 Å². The Morgan fingerprint density at radius 2 is 2.05 bits per heavy atom. The maximum atomic E-state index is 5.72. The molecular formula is C18H30N2O. The maximum Gasteiger partial charge on any atom is 0.0547 e. The highest BCUT2D eigenvalue weighted by atomic mass is 16.5. The molecule has 0 aliphatic carbocycles. The molecule has 0 radical (unpaired) electrons. The number of rotatable bonds is 8. The average molecular weight is 290 g/mol.